The van der Waals surface area contributed by atoms with Crippen LogP contribution in [0.25, 0.3) is 6.08 Å². The van der Waals surface area contributed by atoms with Crippen molar-refractivity contribution in [3.05, 3.63) is 64.0 Å². The molecule has 3 aliphatic rings. The standard InChI is InChI=1S/C23H24ClN5O2S/c1-28-9-5-16(6-10-28)31-17-2-3-20(18(24)12-17)26-23-27-22(30)21(32-23)14-29-11-7-19-15(13-29)4-8-25-19/h2-4,7-8,11-12,14,16,25H,5-6,9-10,13H2,1H3,(H,26,27,30)/b21-14+. The molecule has 0 saturated carbocycles. The highest BCUT2D eigenvalue weighted by atomic mass is 35.5. The number of carbonyl (C=O) groups excluding carboxylic acids is 1. The van der Waals surface area contributed by atoms with Crippen LogP contribution in [0.2, 0.25) is 5.02 Å². The van der Waals surface area contributed by atoms with Gasteiger partial charge in [0.1, 0.15) is 11.9 Å². The number of nitrogens with one attached hydrogen (secondary N) is 2. The number of piperidine rings is 1. The predicted octanol–water partition coefficient (Wildman–Crippen LogP) is 4.32. The number of aromatic nitrogens is 1. The van der Waals surface area contributed by atoms with Crippen molar-refractivity contribution >= 4 is 46.2 Å². The van der Waals surface area contributed by atoms with E-state index in [2.05, 4.69) is 27.2 Å². The van der Waals surface area contributed by atoms with E-state index in [0.29, 0.717) is 27.3 Å². The van der Waals surface area contributed by atoms with Gasteiger partial charge in [-0.05, 0) is 61.5 Å². The molecule has 0 atom stereocenters. The molecule has 4 heterocycles. The predicted molar refractivity (Wildman–Crippen MR) is 129 cm³/mol. The van der Waals surface area contributed by atoms with Gasteiger partial charge in [-0.3, -0.25) is 4.79 Å². The zero-order valence-electron chi connectivity index (χ0n) is 17.7. The third-order valence-electron chi connectivity index (χ3n) is 5.70. The van der Waals surface area contributed by atoms with Crippen molar-refractivity contribution in [2.45, 2.75) is 25.5 Å². The van der Waals surface area contributed by atoms with E-state index in [4.69, 9.17) is 16.3 Å². The monoisotopic (exact) mass is 469 g/mol. The van der Waals surface area contributed by atoms with Gasteiger partial charge in [-0.2, -0.15) is 0 Å². The lowest BCUT2D eigenvalue weighted by Crippen LogP contribution is -2.35. The molecule has 0 spiro atoms. The van der Waals surface area contributed by atoms with Crippen LogP contribution in [0.15, 0.2) is 52.8 Å². The summed E-state index contributed by atoms with van der Waals surface area (Å²) in [5.41, 5.74) is 2.89. The number of aliphatic imine (C=N–C) groups is 1. The van der Waals surface area contributed by atoms with Crippen LogP contribution in [0.5, 0.6) is 5.75 Å². The lowest BCUT2D eigenvalue weighted by Gasteiger charge is -2.29. The molecule has 0 aliphatic carbocycles. The summed E-state index contributed by atoms with van der Waals surface area (Å²) in [6, 6.07) is 7.55. The summed E-state index contributed by atoms with van der Waals surface area (Å²) in [7, 11) is 2.13. The molecule has 1 aromatic heterocycles. The van der Waals surface area contributed by atoms with E-state index in [1.807, 2.05) is 47.8 Å². The van der Waals surface area contributed by atoms with Gasteiger partial charge in [0, 0.05) is 50.0 Å². The number of amides is 1. The zero-order valence-corrected chi connectivity index (χ0v) is 19.2. The van der Waals surface area contributed by atoms with E-state index in [0.717, 1.165) is 37.4 Å². The van der Waals surface area contributed by atoms with E-state index in [1.54, 1.807) is 6.07 Å². The number of benzene rings is 1. The molecule has 2 N–H and O–H groups in total. The van der Waals surface area contributed by atoms with Crippen molar-refractivity contribution in [3.8, 4) is 5.75 Å². The molecule has 5 rings (SSSR count). The number of likely N-dealkylation sites (tertiary alicyclic amines) is 1. The maximum Gasteiger partial charge on any atom is 0.265 e. The van der Waals surface area contributed by atoms with Crippen molar-refractivity contribution in [1.82, 2.24) is 20.1 Å². The highest BCUT2D eigenvalue weighted by molar-refractivity contribution is 8.18. The number of hydrogen-bond acceptors (Lipinski definition) is 6. The molecule has 2 fully saturated rings. The highest BCUT2D eigenvalue weighted by Gasteiger charge is 2.25. The van der Waals surface area contributed by atoms with Crippen molar-refractivity contribution in [3.63, 3.8) is 0 Å². The van der Waals surface area contributed by atoms with Crippen LogP contribution in [0.4, 0.5) is 5.69 Å². The minimum atomic E-state index is -0.166. The Kier molecular flexibility index (Phi) is 5.99. The number of nitrogens with zero attached hydrogens (tertiary/aromatic N) is 3. The first-order valence-electron chi connectivity index (χ1n) is 10.6. The first kappa shape index (κ1) is 21.2. The molecule has 0 unspecified atom stereocenters. The van der Waals surface area contributed by atoms with Crippen LogP contribution in [-0.4, -0.2) is 52.1 Å². The van der Waals surface area contributed by atoms with Crippen molar-refractivity contribution in [1.29, 1.82) is 0 Å². The summed E-state index contributed by atoms with van der Waals surface area (Å²) in [6.07, 6.45) is 9.94. The number of rotatable bonds is 4. The van der Waals surface area contributed by atoms with Crippen molar-refractivity contribution < 1.29 is 9.53 Å². The molecule has 2 aromatic rings. The second kappa shape index (κ2) is 9.05. The van der Waals surface area contributed by atoms with Gasteiger partial charge in [0.2, 0.25) is 0 Å². The number of carbonyl (C=O) groups is 1. The maximum absolute atomic E-state index is 12.4. The topological polar surface area (TPSA) is 73.0 Å². The van der Waals surface area contributed by atoms with Crippen LogP contribution < -0.4 is 10.1 Å². The summed E-state index contributed by atoms with van der Waals surface area (Å²) < 4.78 is 6.09. The maximum atomic E-state index is 12.4. The number of fused-ring (bicyclic) bond motifs is 1. The van der Waals surface area contributed by atoms with Gasteiger partial charge in [-0.15, -0.1) is 0 Å². The number of halogens is 1. The fraction of sp³-hybridized carbons (Fsp3) is 0.304. The first-order chi connectivity index (χ1) is 15.5. The number of aromatic amines is 1. The summed E-state index contributed by atoms with van der Waals surface area (Å²) >= 11 is 7.77. The third-order valence-corrected chi connectivity index (χ3v) is 6.90. The second-order valence-corrected chi connectivity index (χ2v) is 9.54. The number of thioether (sulfide) groups is 1. The molecular formula is C23H24ClN5O2S. The normalized spacial score (nSPS) is 21.9. The number of hydrogen-bond donors (Lipinski definition) is 2. The van der Waals surface area contributed by atoms with Gasteiger partial charge < -0.3 is 24.8 Å². The minimum absolute atomic E-state index is 0.166. The lowest BCUT2D eigenvalue weighted by molar-refractivity contribution is -0.115. The van der Waals surface area contributed by atoms with Gasteiger partial charge in [-0.25, -0.2) is 4.99 Å². The molecule has 32 heavy (non-hydrogen) atoms. The molecule has 166 valence electrons. The first-order valence-corrected chi connectivity index (χ1v) is 11.8. The lowest BCUT2D eigenvalue weighted by atomic mass is 10.1. The zero-order chi connectivity index (χ0) is 22.1. The third kappa shape index (κ3) is 4.72. The Hall–Kier alpha value is -2.68. The Morgan fingerprint density at radius 2 is 2.12 bits per heavy atom. The fourth-order valence-electron chi connectivity index (χ4n) is 3.89. The van der Waals surface area contributed by atoms with Gasteiger partial charge in [0.05, 0.1) is 15.6 Å². The molecular weight excluding hydrogens is 446 g/mol. The number of ether oxygens (including phenoxy) is 1. The minimum Gasteiger partial charge on any atom is -0.490 e. The molecule has 9 heteroatoms. The molecule has 0 radical (unpaired) electrons. The Morgan fingerprint density at radius 1 is 1.28 bits per heavy atom. The molecule has 7 nitrogen and oxygen atoms in total. The van der Waals surface area contributed by atoms with Crippen LogP contribution in [0, 0.1) is 0 Å². The molecule has 2 saturated heterocycles. The van der Waals surface area contributed by atoms with Gasteiger partial charge in [-0.1, -0.05) is 11.6 Å². The van der Waals surface area contributed by atoms with E-state index >= 15 is 0 Å². The summed E-state index contributed by atoms with van der Waals surface area (Å²) in [6.45, 7) is 2.79. The quantitative estimate of drug-likeness (QED) is 0.652. The molecule has 3 aliphatic heterocycles. The van der Waals surface area contributed by atoms with E-state index in [-0.39, 0.29) is 12.0 Å². The van der Waals surface area contributed by atoms with Crippen molar-refractivity contribution in [2.24, 2.45) is 4.99 Å². The Balaban J connectivity index is 1.25. The molecule has 0 bridgehead atoms. The van der Waals surface area contributed by atoms with Crippen molar-refractivity contribution in [2.75, 3.05) is 20.1 Å². The summed E-state index contributed by atoms with van der Waals surface area (Å²) in [5.74, 6) is 0.582. The van der Waals surface area contributed by atoms with E-state index < -0.39 is 0 Å². The fourth-order valence-corrected chi connectivity index (χ4v) is 4.93. The second-order valence-electron chi connectivity index (χ2n) is 8.10. The van der Waals surface area contributed by atoms with E-state index in [1.165, 1.54) is 17.3 Å². The van der Waals surface area contributed by atoms with Gasteiger partial charge >= 0.3 is 0 Å². The van der Waals surface area contributed by atoms with E-state index in [9.17, 15) is 4.79 Å². The average molecular weight is 470 g/mol. The Bertz CT molecular complexity index is 1120. The summed E-state index contributed by atoms with van der Waals surface area (Å²) in [4.78, 5) is 25.1. The molecule has 1 amide bonds. The number of H-pyrrole nitrogens is 1. The van der Waals surface area contributed by atoms with Gasteiger partial charge in [0.25, 0.3) is 5.91 Å². The smallest absolute Gasteiger partial charge is 0.265 e. The summed E-state index contributed by atoms with van der Waals surface area (Å²) in [5, 5.41) is 3.83. The van der Waals surface area contributed by atoms with Crippen LogP contribution in [0.3, 0.4) is 0 Å². The Labute approximate surface area is 196 Å². The number of amidine groups is 1. The largest absolute Gasteiger partial charge is 0.490 e. The average Bonchev–Trinajstić information content (AvgIpc) is 3.38. The SMILES string of the molecule is CN1CCC(Oc2ccc(N=C3NC(=O)/C(=C\N4C=Cc5[nH]ccc5C4)S3)c(Cl)c2)CC1. The Morgan fingerprint density at radius 3 is 2.94 bits per heavy atom. The van der Waals surface area contributed by atoms with Crippen LogP contribution in [-0.2, 0) is 11.3 Å². The van der Waals surface area contributed by atoms with Crippen LogP contribution >= 0.6 is 23.4 Å². The van der Waals surface area contributed by atoms with Gasteiger partial charge in [0.15, 0.2) is 5.17 Å². The molecule has 1 aromatic carbocycles. The highest BCUT2D eigenvalue weighted by Crippen LogP contribution is 2.33. The van der Waals surface area contributed by atoms with Crippen LogP contribution in [0.1, 0.15) is 24.1 Å².